The molecule has 2 fully saturated rings. The third-order valence-electron chi connectivity index (χ3n) is 23.4. The van der Waals surface area contributed by atoms with Crippen molar-refractivity contribution in [3.8, 4) is 11.5 Å². The summed E-state index contributed by atoms with van der Waals surface area (Å²) in [5.41, 5.74) is 16.6. The van der Waals surface area contributed by atoms with E-state index in [0.717, 1.165) is 37.6 Å². The topological polar surface area (TPSA) is 18.5 Å². The summed E-state index contributed by atoms with van der Waals surface area (Å²) in [7, 11) is 0. The summed E-state index contributed by atoms with van der Waals surface area (Å²) in [4.78, 5) is 0. The fraction of sp³-hybridized carbons (Fsp3) is 0.403. The van der Waals surface area contributed by atoms with E-state index in [1.54, 1.807) is 97.9 Å². The van der Waals surface area contributed by atoms with E-state index < -0.39 is 0 Å². The van der Waals surface area contributed by atoms with E-state index in [2.05, 4.69) is 123 Å². The summed E-state index contributed by atoms with van der Waals surface area (Å²) in [6, 6.07) is 29.8. The molecule has 9 aliphatic rings. The van der Waals surface area contributed by atoms with E-state index in [9.17, 15) is 0 Å². The Bertz CT molecular complexity index is 4350. The number of ether oxygens (including phenoxy) is 2. The molecule has 0 saturated heterocycles. The van der Waals surface area contributed by atoms with Crippen LogP contribution in [0.3, 0.4) is 0 Å². The third-order valence-corrected chi connectivity index (χ3v) is 23.4. The monoisotopic (exact) mass is 1030 g/mol. The highest BCUT2D eigenvalue weighted by atomic mass is 16.5. The van der Waals surface area contributed by atoms with Crippen LogP contribution >= 0.6 is 0 Å². The molecular formula is C77H72O2. The zero-order valence-electron chi connectivity index (χ0n) is 46.6. The Balaban J connectivity index is 0.778. The van der Waals surface area contributed by atoms with E-state index in [1.165, 1.54) is 160 Å². The Morgan fingerprint density at radius 1 is 0.430 bits per heavy atom. The Labute approximate surface area is 465 Å². The summed E-state index contributed by atoms with van der Waals surface area (Å²) >= 11 is 0. The highest BCUT2D eigenvalue weighted by Crippen LogP contribution is 2.98. The van der Waals surface area contributed by atoms with E-state index in [0.29, 0.717) is 17.8 Å². The number of rotatable bonds is 26. The van der Waals surface area contributed by atoms with Crippen molar-refractivity contribution >= 4 is 92.6 Å². The van der Waals surface area contributed by atoms with Crippen molar-refractivity contribution in [2.24, 2.45) is 17.3 Å². The van der Waals surface area contributed by atoms with Gasteiger partial charge >= 0.3 is 0 Å². The zero-order valence-corrected chi connectivity index (χ0v) is 46.6. The predicted octanol–water partition coefficient (Wildman–Crippen LogP) is 19.9. The maximum Gasteiger partial charge on any atom is 0.119 e. The number of allylic oxidation sites excluding steroid dienone is 7. The van der Waals surface area contributed by atoms with E-state index in [1.807, 2.05) is 0 Å². The molecule has 0 bridgehead atoms. The van der Waals surface area contributed by atoms with Gasteiger partial charge in [-0.25, -0.2) is 0 Å². The zero-order chi connectivity index (χ0) is 51.7. The fourth-order valence-corrected chi connectivity index (χ4v) is 21.0. The van der Waals surface area contributed by atoms with Gasteiger partial charge in [-0.15, -0.1) is 0 Å². The molecule has 0 N–H and O–H groups in total. The molecule has 6 atom stereocenters. The molecule has 2 spiro atoms. The molecule has 2 saturated carbocycles. The normalized spacial score (nSPS) is 24.7. The van der Waals surface area contributed by atoms with Crippen molar-refractivity contribution in [3.63, 3.8) is 0 Å². The summed E-state index contributed by atoms with van der Waals surface area (Å²) < 4.78 is 13.4. The lowest BCUT2D eigenvalue weighted by atomic mass is 9.67. The Kier molecular flexibility index (Phi) is 9.16. The van der Waals surface area contributed by atoms with Gasteiger partial charge in [-0.2, -0.15) is 0 Å². The van der Waals surface area contributed by atoms with Gasteiger partial charge in [0.1, 0.15) is 11.5 Å². The van der Waals surface area contributed by atoms with Gasteiger partial charge in [0.2, 0.25) is 0 Å². The highest BCUT2D eigenvalue weighted by Gasteiger charge is 2.97. The van der Waals surface area contributed by atoms with E-state index in [-0.39, 0.29) is 22.2 Å². The average Bonchev–Trinajstić information content (AvgIpc) is 1.38. The lowest BCUT2D eigenvalue weighted by molar-refractivity contribution is 0.304. The Hall–Kier alpha value is -6.38. The minimum atomic E-state index is -0.372. The van der Waals surface area contributed by atoms with Gasteiger partial charge in [-0.05, 0) is 191 Å². The summed E-state index contributed by atoms with van der Waals surface area (Å²) in [6.07, 6.45) is 42.8. The van der Waals surface area contributed by atoms with Gasteiger partial charge in [0.15, 0.2) is 0 Å². The third kappa shape index (κ3) is 4.92. The molecule has 0 radical (unpaired) electrons. The minimum absolute atomic E-state index is 0.206. The number of benzene rings is 7. The van der Waals surface area contributed by atoms with Crippen LogP contribution in [0.2, 0.25) is 0 Å². The number of hydrogen-bond acceptors (Lipinski definition) is 2. The first-order valence-electron chi connectivity index (χ1n) is 32.1. The largest absolute Gasteiger partial charge is 0.494 e. The van der Waals surface area contributed by atoms with Crippen molar-refractivity contribution in [2.45, 2.75) is 165 Å². The first kappa shape index (κ1) is 45.4. The average molecular weight is 1030 g/mol. The van der Waals surface area contributed by atoms with Crippen LogP contribution < -0.4 is 14.7 Å². The second-order valence-electron chi connectivity index (χ2n) is 26.6. The lowest BCUT2D eigenvalue weighted by Crippen LogP contribution is -2.33. The van der Waals surface area contributed by atoms with Gasteiger partial charge in [0.05, 0.1) is 13.2 Å². The van der Waals surface area contributed by atoms with Crippen molar-refractivity contribution in [1.82, 2.24) is 0 Å². The van der Waals surface area contributed by atoms with Crippen LogP contribution in [-0.2, 0) is 10.8 Å². The molecule has 0 heterocycles. The molecular weight excluding hydrogens is 957 g/mol. The smallest absolute Gasteiger partial charge is 0.119 e. The van der Waals surface area contributed by atoms with E-state index >= 15 is 0 Å². The van der Waals surface area contributed by atoms with Crippen molar-refractivity contribution in [1.29, 1.82) is 0 Å². The molecule has 10 aromatic carbocycles. The molecule has 6 unspecified atom stereocenters. The quantitative estimate of drug-likeness (QED) is 0.0397. The molecule has 9 aliphatic carbocycles. The molecule has 0 amide bonds. The molecule has 10 aromatic rings. The molecule has 0 aliphatic heterocycles. The number of hydrogen-bond donors (Lipinski definition) is 0. The number of fused-ring (bicyclic) bond motifs is 4. The van der Waals surface area contributed by atoms with Gasteiger partial charge < -0.3 is 9.47 Å². The molecule has 2 nitrogen and oxygen atoms in total. The standard InChI is InChI=1S/C77H72O2/c1-3-5-7-9-11-13-15-17-19-21-41-78-45-27-23-43(24-28-45)75(44-25-29-46(30-26-44)79-42-22-20-18-16-14-12-10-8-6-4-2)76-55-39-40-56-54-38-36-52-50-34-32-48-47-31-33-49-51-35-37-53(55)63-61(51)66-59(49)57(47)65-58(48)60(50)67-62(52)64(54)74(77(56,75)76)72-70(67)68(65)69(66)71(72)73(63)76/h23-40,51,54,56,64H,3-22,41-42H2,1-2H3. The first-order valence-corrected chi connectivity index (χ1v) is 32.1. The van der Waals surface area contributed by atoms with Gasteiger partial charge in [-0.1, -0.05) is 214 Å². The lowest BCUT2D eigenvalue weighted by Gasteiger charge is -2.34. The van der Waals surface area contributed by atoms with Crippen LogP contribution in [0.1, 0.15) is 199 Å². The number of unbranched alkanes of at least 4 members (excludes halogenated alkanes) is 18. The van der Waals surface area contributed by atoms with Crippen LogP contribution in [0.25, 0.3) is 92.6 Å². The summed E-state index contributed by atoms with van der Waals surface area (Å²) in [5, 5.41) is 23.6. The van der Waals surface area contributed by atoms with Crippen molar-refractivity contribution in [3.05, 3.63) is 158 Å². The van der Waals surface area contributed by atoms with Crippen molar-refractivity contribution in [2.75, 3.05) is 13.2 Å². The van der Waals surface area contributed by atoms with Crippen LogP contribution in [0.5, 0.6) is 11.5 Å². The molecule has 392 valence electrons. The van der Waals surface area contributed by atoms with Crippen LogP contribution in [0.15, 0.2) is 109 Å². The van der Waals surface area contributed by atoms with Crippen LogP contribution in [-0.4, -0.2) is 13.2 Å². The summed E-state index contributed by atoms with van der Waals surface area (Å²) in [5.74, 6) is 3.32. The Morgan fingerprint density at radius 3 is 1.62 bits per heavy atom. The van der Waals surface area contributed by atoms with E-state index in [4.69, 9.17) is 9.47 Å². The van der Waals surface area contributed by atoms with Crippen molar-refractivity contribution < 1.29 is 9.47 Å². The van der Waals surface area contributed by atoms with Crippen LogP contribution in [0, 0.1) is 17.3 Å². The van der Waals surface area contributed by atoms with Crippen LogP contribution in [0.4, 0.5) is 0 Å². The summed E-state index contributed by atoms with van der Waals surface area (Å²) in [6.45, 7) is 6.19. The maximum absolute atomic E-state index is 6.72. The van der Waals surface area contributed by atoms with Gasteiger partial charge in [0, 0.05) is 28.1 Å². The fourth-order valence-electron chi connectivity index (χ4n) is 21.0. The van der Waals surface area contributed by atoms with Gasteiger partial charge in [-0.3, -0.25) is 0 Å². The predicted molar refractivity (Wildman–Crippen MR) is 331 cm³/mol. The maximum atomic E-state index is 6.72. The Morgan fingerprint density at radius 2 is 0.975 bits per heavy atom. The first-order chi connectivity index (χ1) is 39.2. The highest BCUT2D eigenvalue weighted by molar-refractivity contribution is 6.55. The second-order valence-corrected chi connectivity index (χ2v) is 26.6. The molecule has 79 heavy (non-hydrogen) atoms. The van der Waals surface area contributed by atoms with Gasteiger partial charge in [0.25, 0.3) is 0 Å². The molecule has 2 heteroatoms. The molecule has 19 rings (SSSR count). The SMILES string of the molecule is CCCCCCCCCCCCOc1ccc(C2(c3ccc(OCCCCCCCCCCCC)cc3)C34C5=C6C=CC7c8c6c3c3c6c9c%10c%11c(c%12ccc%13c%14ccc7c7c8c3c9c(c%147)c%13c%12%10)C=CC3C%11C=6C42C3C=C5)cc1. The second kappa shape index (κ2) is 16.0. The molecule has 0 aromatic heterocycles. The minimum Gasteiger partial charge on any atom is -0.494 e.